The van der Waals surface area contributed by atoms with Crippen LogP contribution < -0.4 is 4.72 Å². The first-order chi connectivity index (χ1) is 21.3. The maximum atomic E-state index is 14.6. The second kappa shape index (κ2) is 11.5. The number of piperidine rings is 1. The summed E-state index contributed by atoms with van der Waals surface area (Å²) >= 11 is 0. The molecule has 5 heterocycles. The molecule has 0 aliphatic carbocycles. The summed E-state index contributed by atoms with van der Waals surface area (Å²) in [5.74, 6) is 0.106. The van der Waals surface area contributed by atoms with Crippen LogP contribution in [-0.2, 0) is 23.1 Å². The Bertz CT molecular complexity index is 2100. The third kappa shape index (κ3) is 5.96. The van der Waals surface area contributed by atoms with Gasteiger partial charge in [0.15, 0.2) is 11.5 Å². The number of H-pyrrole nitrogens is 2. The summed E-state index contributed by atoms with van der Waals surface area (Å²) in [5, 5.41) is 8.31. The standard InChI is InChI=1S/C32H31FN8O2S/c1-44(42,43)36-16-20-10-22(13-25(33)12-20)26-6-5-7-28-29(26)38-32(37-28)30-27-14-24(18-35-31(27)40-39-30)23-11-21(15-34-17-23)19-41-8-3-2-4-9-41/h5-7,10-15,17-18,36H,2-4,8-9,16,19H2,1H3,(H,37,38)(H,35,39,40). The third-order valence-electron chi connectivity index (χ3n) is 7.95. The van der Waals surface area contributed by atoms with Crippen LogP contribution in [0, 0.1) is 5.82 Å². The lowest BCUT2D eigenvalue weighted by Gasteiger charge is -2.26. The molecule has 0 saturated carbocycles. The predicted molar refractivity (Wildman–Crippen MR) is 168 cm³/mol. The summed E-state index contributed by atoms with van der Waals surface area (Å²) in [6.07, 6.45) is 10.5. The lowest BCUT2D eigenvalue weighted by atomic mass is 10.0. The summed E-state index contributed by atoms with van der Waals surface area (Å²) < 4.78 is 40.2. The molecule has 0 amide bonds. The zero-order valence-corrected chi connectivity index (χ0v) is 25.0. The molecule has 1 aliphatic rings. The normalized spacial score (nSPS) is 14.5. The van der Waals surface area contributed by atoms with Gasteiger partial charge in [-0.05, 0) is 79.0 Å². The Balaban J connectivity index is 1.23. The number of aromatic amines is 2. The van der Waals surface area contributed by atoms with Crippen LogP contribution >= 0.6 is 0 Å². The molecule has 0 spiro atoms. The van der Waals surface area contributed by atoms with E-state index >= 15 is 0 Å². The number of nitrogens with zero attached hydrogens (tertiary/aromatic N) is 5. The van der Waals surface area contributed by atoms with Crippen molar-refractivity contribution in [3.8, 4) is 33.8 Å². The van der Waals surface area contributed by atoms with Gasteiger partial charge in [0.25, 0.3) is 0 Å². The van der Waals surface area contributed by atoms with E-state index < -0.39 is 15.8 Å². The van der Waals surface area contributed by atoms with E-state index in [-0.39, 0.29) is 6.54 Å². The highest BCUT2D eigenvalue weighted by Crippen LogP contribution is 2.33. The van der Waals surface area contributed by atoms with E-state index in [0.717, 1.165) is 47.9 Å². The first kappa shape index (κ1) is 28.3. The average molecular weight is 611 g/mol. The molecule has 224 valence electrons. The van der Waals surface area contributed by atoms with Gasteiger partial charge in [0.1, 0.15) is 11.5 Å². The van der Waals surface area contributed by atoms with Crippen LogP contribution in [0.4, 0.5) is 4.39 Å². The van der Waals surface area contributed by atoms with Crippen molar-refractivity contribution < 1.29 is 12.8 Å². The zero-order valence-electron chi connectivity index (χ0n) is 24.1. The monoisotopic (exact) mass is 610 g/mol. The Morgan fingerprint density at radius 2 is 1.77 bits per heavy atom. The van der Waals surface area contributed by atoms with E-state index in [1.807, 2.05) is 42.9 Å². The van der Waals surface area contributed by atoms with Crippen LogP contribution in [0.5, 0.6) is 0 Å². The minimum Gasteiger partial charge on any atom is -0.337 e. The van der Waals surface area contributed by atoms with Gasteiger partial charge in [-0.2, -0.15) is 5.10 Å². The Kier molecular flexibility index (Phi) is 7.40. The minimum atomic E-state index is -3.43. The van der Waals surface area contributed by atoms with Crippen molar-refractivity contribution >= 4 is 32.1 Å². The summed E-state index contributed by atoms with van der Waals surface area (Å²) in [6.45, 7) is 3.11. The molecule has 0 bridgehead atoms. The number of halogens is 1. The number of pyridine rings is 2. The van der Waals surface area contributed by atoms with Gasteiger partial charge in [0.2, 0.25) is 10.0 Å². The van der Waals surface area contributed by atoms with Crippen LogP contribution in [0.1, 0.15) is 30.4 Å². The molecule has 6 aromatic rings. The van der Waals surface area contributed by atoms with E-state index in [9.17, 15) is 12.8 Å². The molecule has 1 fully saturated rings. The number of hydrogen-bond acceptors (Lipinski definition) is 7. The van der Waals surface area contributed by atoms with E-state index in [4.69, 9.17) is 4.98 Å². The number of sulfonamides is 1. The molecule has 1 saturated heterocycles. The van der Waals surface area contributed by atoms with Gasteiger partial charge >= 0.3 is 0 Å². The fourth-order valence-corrected chi connectivity index (χ4v) is 6.28. The topological polar surface area (TPSA) is 133 Å². The number of fused-ring (bicyclic) bond motifs is 2. The summed E-state index contributed by atoms with van der Waals surface area (Å²) in [4.78, 5) is 19.9. The minimum absolute atomic E-state index is 0.0163. The molecule has 0 unspecified atom stereocenters. The Labute approximate surface area is 253 Å². The van der Waals surface area contributed by atoms with Crippen LogP contribution in [0.25, 0.3) is 55.8 Å². The largest absolute Gasteiger partial charge is 0.337 e. The van der Waals surface area contributed by atoms with Gasteiger partial charge in [-0.15, -0.1) is 0 Å². The van der Waals surface area contributed by atoms with Gasteiger partial charge in [-0.25, -0.2) is 27.5 Å². The van der Waals surface area contributed by atoms with Crippen molar-refractivity contribution in [2.45, 2.75) is 32.4 Å². The van der Waals surface area contributed by atoms with Gasteiger partial charge in [-0.3, -0.25) is 15.0 Å². The fourth-order valence-electron chi connectivity index (χ4n) is 5.85. The van der Waals surface area contributed by atoms with Gasteiger partial charge in [0.05, 0.1) is 22.7 Å². The van der Waals surface area contributed by atoms with E-state index in [2.05, 4.69) is 40.8 Å². The first-order valence-corrected chi connectivity index (χ1v) is 16.4. The molecule has 1 aliphatic heterocycles. The maximum absolute atomic E-state index is 14.6. The average Bonchev–Trinajstić information content (AvgIpc) is 3.64. The molecule has 2 aromatic carbocycles. The molecule has 0 radical (unpaired) electrons. The molecule has 12 heteroatoms. The molecular formula is C32H31FN8O2S. The lowest BCUT2D eigenvalue weighted by Crippen LogP contribution is -2.29. The van der Waals surface area contributed by atoms with E-state index in [1.165, 1.54) is 37.0 Å². The van der Waals surface area contributed by atoms with Crippen LogP contribution in [-0.4, -0.2) is 62.8 Å². The van der Waals surface area contributed by atoms with Gasteiger partial charge < -0.3 is 4.98 Å². The Morgan fingerprint density at radius 1 is 0.955 bits per heavy atom. The highest BCUT2D eigenvalue weighted by molar-refractivity contribution is 7.88. The van der Waals surface area contributed by atoms with Crippen molar-refractivity contribution in [1.29, 1.82) is 0 Å². The molecule has 10 nitrogen and oxygen atoms in total. The number of likely N-dealkylation sites (tertiary alicyclic amines) is 1. The molecule has 3 N–H and O–H groups in total. The predicted octanol–water partition coefficient (Wildman–Crippen LogP) is 5.40. The number of imidazole rings is 1. The van der Waals surface area contributed by atoms with Crippen molar-refractivity contribution in [3.63, 3.8) is 0 Å². The first-order valence-electron chi connectivity index (χ1n) is 14.5. The lowest BCUT2D eigenvalue weighted by molar-refractivity contribution is 0.220. The molecule has 44 heavy (non-hydrogen) atoms. The summed E-state index contributed by atoms with van der Waals surface area (Å²) in [5.41, 5.74) is 7.57. The van der Waals surface area contributed by atoms with Crippen molar-refractivity contribution in [2.24, 2.45) is 0 Å². The zero-order chi connectivity index (χ0) is 30.3. The van der Waals surface area contributed by atoms with Gasteiger partial charge in [-0.1, -0.05) is 18.6 Å². The highest BCUT2D eigenvalue weighted by Gasteiger charge is 2.17. The second-order valence-corrected chi connectivity index (χ2v) is 13.2. The Morgan fingerprint density at radius 3 is 2.61 bits per heavy atom. The van der Waals surface area contributed by atoms with E-state index in [1.54, 1.807) is 6.07 Å². The molecular weight excluding hydrogens is 579 g/mol. The number of benzene rings is 2. The number of rotatable bonds is 8. The Hall–Kier alpha value is -4.52. The summed E-state index contributed by atoms with van der Waals surface area (Å²) in [7, 11) is -3.43. The van der Waals surface area contributed by atoms with Crippen LogP contribution in [0.3, 0.4) is 0 Å². The third-order valence-corrected chi connectivity index (χ3v) is 8.62. The van der Waals surface area contributed by atoms with Crippen LogP contribution in [0.2, 0.25) is 0 Å². The molecule has 7 rings (SSSR count). The fraction of sp³-hybridized carbons (Fsp3) is 0.250. The number of nitrogens with one attached hydrogen (secondary N) is 3. The van der Waals surface area contributed by atoms with Crippen molar-refractivity contribution in [3.05, 3.63) is 84.1 Å². The number of para-hydroxylation sites is 1. The number of aromatic nitrogens is 6. The quantitative estimate of drug-likeness (QED) is 0.210. The SMILES string of the molecule is CS(=O)(=O)NCc1cc(F)cc(-c2cccc3[nH]c(-c4[nH]nc5ncc(-c6cncc(CN7CCCCC7)c6)cc45)nc23)c1. The van der Waals surface area contributed by atoms with Crippen LogP contribution in [0.15, 0.2) is 67.1 Å². The molecule has 4 aromatic heterocycles. The van der Waals surface area contributed by atoms with Crippen molar-refractivity contribution in [1.82, 2.24) is 39.8 Å². The highest BCUT2D eigenvalue weighted by atomic mass is 32.2. The molecule has 0 atom stereocenters. The smallest absolute Gasteiger partial charge is 0.209 e. The maximum Gasteiger partial charge on any atom is 0.209 e. The van der Waals surface area contributed by atoms with Crippen molar-refractivity contribution in [2.75, 3.05) is 19.3 Å². The van der Waals surface area contributed by atoms with Gasteiger partial charge in [0, 0.05) is 48.4 Å². The second-order valence-electron chi connectivity index (χ2n) is 11.3. The summed E-state index contributed by atoms with van der Waals surface area (Å²) in [6, 6.07) is 14.4. The van der Waals surface area contributed by atoms with E-state index in [0.29, 0.717) is 39.4 Å². The number of hydrogen-bond donors (Lipinski definition) is 3.